The van der Waals surface area contributed by atoms with Crippen LogP contribution in [0.1, 0.15) is 6.42 Å². The lowest BCUT2D eigenvalue weighted by Gasteiger charge is -2.28. The number of carbonyl (C=O) groups excluding carboxylic acids is 1. The number of hydrogen-bond acceptors (Lipinski definition) is 8. The second-order valence-corrected chi connectivity index (χ2v) is 11.5. The summed E-state index contributed by atoms with van der Waals surface area (Å²) in [7, 11) is -1.51. The van der Waals surface area contributed by atoms with E-state index in [9.17, 15) is 13.2 Å². The summed E-state index contributed by atoms with van der Waals surface area (Å²) >= 11 is 2.95. The van der Waals surface area contributed by atoms with Crippen molar-refractivity contribution in [2.45, 2.75) is 17.5 Å². The van der Waals surface area contributed by atoms with E-state index in [1.165, 1.54) is 18.1 Å². The highest BCUT2D eigenvalue weighted by Gasteiger charge is 2.34. The fraction of sp³-hybridized carbons (Fsp3) is 0.381. The Morgan fingerprint density at radius 2 is 2.10 bits per heavy atom. The summed E-state index contributed by atoms with van der Waals surface area (Å²) in [5, 5.41) is 1.68. The quantitative estimate of drug-likeness (QED) is 0.364. The Balaban J connectivity index is 1.50. The molecule has 10 heteroatoms. The first-order valence-electron chi connectivity index (χ1n) is 9.88. The van der Waals surface area contributed by atoms with Crippen LogP contribution in [0.4, 0.5) is 0 Å². The molecule has 0 aliphatic carbocycles. The third kappa shape index (κ3) is 5.25. The molecule has 0 spiro atoms. The molecule has 1 aliphatic rings. The van der Waals surface area contributed by atoms with Gasteiger partial charge in [0.2, 0.25) is 5.91 Å². The summed E-state index contributed by atoms with van der Waals surface area (Å²) < 4.78 is 28.9. The Hall–Kier alpha value is -2.01. The number of nitrogens with zero attached hydrogens (tertiary/aromatic N) is 3. The predicted molar refractivity (Wildman–Crippen MR) is 124 cm³/mol. The molecule has 1 aliphatic heterocycles. The standard InChI is InChI=1S/C21H23N3O4S3/c1-28-9-8-24(16-7-10-31(26,27)13-16)19(25)12-29-20-17-11-18(15-5-3-2-4-6-15)30-21(17)23-14-22-20/h2-6,11,14,16H,7-10,12-13H2,1H3/t16-/m0/s1. The van der Waals surface area contributed by atoms with Gasteiger partial charge in [-0.1, -0.05) is 42.1 Å². The van der Waals surface area contributed by atoms with Crippen molar-refractivity contribution < 1.29 is 17.9 Å². The number of carbonyl (C=O) groups is 1. The first kappa shape index (κ1) is 22.2. The lowest BCUT2D eigenvalue weighted by atomic mass is 10.2. The summed E-state index contributed by atoms with van der Waals surface area (Å²) in [6, 6.07) is 11.9. The highest BCUT2D eigenvalue weighted by atomic mass is 32.2. The molecule has 2 aromatic heterocycles. The average Bonchev–Trinajstić information content (AvgIpc) is 3.36. The number of amides is 1. The minimum atomic E-state index is -3.08. The summed E-state index contributed by atoms with van der Waals surface area (Å²) in [6.07, 6.45) is 2.00. The van der Waals surface area contributed by atoms with Crippen LogP contribution in [0.15, 0.2) is 47.8 Å². The molecule has 0 bridgehead atoms. The highest BCUT2D eigenvalue weighted by molar-refractivity contribution is 8.00. The van der Waals surface area contributed by atoms with Crippen molar-refractivity contribution >= 4 is 49.1 Å². The Labute approximate surface area is 189 Å². The SMILES string of the molecule is COCCN(C(=O)CSc1ncnc2sc(-c3ccccc3)cc12)[C@H]1CCS(=O)(=O)C1. The molecule has 0 unspecified atom stereocenters. The van der Waals surface area contributed by atoms with Crippen LogP contribution in [0.3, 0.4) is 0 Å². The van der Waals surface area contributed by atoms with Gasteiger partial charge in [0, 0.05) is 30.0 Å². The molecular formula is C21H23N3O4S3. The maximum atomic E-state index is 13.0. The van der Waals surface area contributed by atoms with E-state index in [2.05, 4.69) is 28.2 Å². The van der Waals surface area contributed by atoms with Crippen LogP contribution in [0.5, 0.6) is 0 Å². The third-order valence-corrected chi connectivity index (χ3v) is 9.02. The van der Waals surface area contributed by atoms with Crippen molar-refractivity contribution in [3.8, 4) is 10.4 Å². The first-order valence-corrected chi connectivity index (χ1v) is 13.5. The molecule has 1 aromatic carbocycles. The summed E-state index contributed by atoms with van der Waals surface area (Å²) in [6.45, 7) is 0.752. The molecular weight excluding hydrogens is 454 g/mol. The fourth-order valence-electron chi connectivity index (χ4n) is 3.63. The first-order chi connectivity index (χ1) is 15.0. The van der Waals surface area contributed by atoms with Crippen LogP contribution in [-0.2, 0) is 19.4 Å². The number of thiophene rings is 1. The highest BCUT2D eigenvalue weighted by Crippen LogP contribution is 2.36. The third-order valence-electron chi connectivity index (χ3n) is 5.19. The molecule has 1 saturated heterocycles. The number of sulfone groups is 1. The number of methoxy groups -OCH3 is 1. The zero-order chi connectivity index (χ0) is 21.8. The van der Waals surface area contributed by atoms with E-state index >= 15 is 0 Å². The van der Waals surface area contributed by atoms with Gasteiger partial charge in [-0.3, -0.25) is 4.79 Å². The molecule has 1 atom stereocenters. The second kappa shape index (κ2) is 9.64. The van der Waals surface area contributed by atoms with Crippen LogP contribution >= 0.6 is 23.1 Å². The van der Waals surface area contributed by atoms with Gasteiger partial charge >= 0.3 is 0 Å². The Morgan fingerprint density at radius 3 is 2.81 bits per heavy atom. The van der Waals surface area contributed by atoms with Gasteiger partial charge in [-0.05, 0) is 18.1 Å². The van der Waals surface area contributed by atoms with Crippen LogP contribution in [0.2, 0.25) is 0 Å². The van der Waals surface area contributed by atoms with Gasteiger partial charge < -0.3 is 9.64 Å². The van der Waals surface area contributed by atoms with E-state index < -0.39 is 9.84 Å². The zero-order valence-electron chi connectivity index (χ0n) is 17.1. The molecule has 7 nitrogen and oxygen atoms in total. The van der Waals surface area contributed by atoms with Crippen LogP contribution in [0.25, 0.3) is 20.7 Å². The predicted octanol–water partition coefficient (Wildman–Crippen LogP) is 3.11. The minimum Gasteiger partial charge on any atom is -0.383 e. The maximum Gasteiger partial charge on any atom is 0.233 e. The molecule has 31 heavy (non-hydrogen) atoms. The normalized spacial score (nSPS) is 17.8. The summed E-state index contributed by atoms with van der Waals surface area (Å²) in [4.78, 5) is 25.4. The van der Waals surface area contributed by atoms with Crippen molar-refractivity contribution in [3.63, 3.8) is 0 Å². The van der Waals surface area contributed by atoms with Crippen LogP contribution in [0, 0.1) is 0 Å². The molecule has 1 fully saturated rings. The van der Waals surface area contributed by atoms with E-state index in [0.717, 1.165) is 25.7 Å². The number of benzene rings is 1. The number of aromatic nitrogens is 2. The van der Waals surface area contributed by atoms with Gasteiger partial charge in [-0.15, -0.1) is 11.3 Å². The smallest absolute Gasteiger partial charge is 0.233 e. The monoisotopic (exact) mass is 477 g/mol. The Kier molecular flexibility index (Phi) is 6.90. The average molecular weight is 478 g/mol. The van der Waals surface area contributed by atoms with Crippen molar-refractivity contribution in [2.75, 3.05) is 37.5 Å². The van der Waals surface area contributed by atoms with E-state index in [-0.39, 0.29) is 29.2 Å². The summed E-state index contributed by atoms with van der Waals surface area (Å²) in [5.74, 6) is 0.235. The largest absolute Gasteiger partial charge is 0.383 e. The van der Waals surface area contributed by atoms with Crippen LogP contribution in [-0.4, -0.2) is 72.8 Å². The van der Waals surface area contributed by atoms with E-state index in [1.807, 2.05) is 18.2 Å². The molecule has 164 valence electrons. The lowest BCUT2D eigenvalue weighted by molar-refractivity contribution is -0.130. The molecule has 0 saturated carbocycles. The molecule has 3 aromatic rings. The number of thioether (sulfide) groups is 1. The maximum absolute atomic E-state index is 13.0. The van der Waals surface area contributed by atoms with E-state index in [4.69, 9.17) is 4.74 Å². The topological polar surface area (TPSA) is 89.5 Å². The molecule has 4 rings (SSSR count). The number of rotatable bonds is 8. The van der Waals surface area contributed by atoms with Gasteiger partial charge in [-0.25, -0.2) is 18.4 Å². The van der Waals surface area contributed by atoms with Crippen molar-refractivity contribution in [3.05, 3.63) is 42.7 Å². The van der Waals surface area contributed by atoms with Crippen LogP contribution < -0.4 is 0 Å². The molecule has 3 heterocycles. The van der Waals surface area contributed by atoms with Gasteiger partial charge in [0.05, 0.1) is 23.9 Å². The Bertz CT molecular complexity index is 1170. The second-order valence-electron chi connectivity index (χ2n) is 7.30. The molecule has 0 radical (unpaired) electrons. The molecule has 0 N–H and O–H groups in total. The van der Waals surface area contributed by atoms with Crippen molar-refractivity contribution in [2.24, 2.45) is 0 Å². The number of ether oxygens (including phenoxy) is 1. The van der Waals surface area contributed by atoms with Gasteiger partial charge in [0.25, 0.3) is 0 Å². The van der Waals surface area contributed by atoms with E-state index in [1.54, 1.807) is 23.3 Å². The van der Waals surface area contributed by atoms with E-state index in [0.29, 0.717) is 19.6 Å². The Morgan fingerprint density at radius 1 is 1.29 bits per heavy atom. The molecule has 1 amide bonds. The lowest BCUT2D eigenvalue weighted by Crippen LogP contribution is -2.44. The van der Waals surface area contributed by atoms with Crippen molar-refractivity contribution in [1.82, 2.24) is 14.9 Å². The zero-order valence-corrected chi connectivity index (χ0v) is 19.5. The van der Waals surface area contributed by atoms with Gasteiger partial charge in [0.15, 0.2) is 9.84 Å². The fourth-order valence-corrected chi connectivity index (χ4v) is 7.29. The van der Waals surface area contributed by atoms with Crippen molar-refractivity contribution in [1.29, 1.82) is 0 Å². The minimum absolute atomic E-state index is 0.0237. The number of hydrogen-bond donors (Lipinski definition) is 0. The number of fused-ring (bicyclic) bond motifs is 1. The summed E-state index contributed by atoms with van der Waals surface area (Å²) in [5.41, 5.74) is 1.12. The van der Waals surface area contributed by atoms with Gasteiger partial charge in [-0.2, -0.15) is 0 Å². The van der Waals surface area contributed by atoms with Gasteiger partial charge in [0.1, 0.15) is 16.2 Å².